The molecule has 4 amide bonds. The van der Waals surface area contributed by atoms with Crippen LogP contribution in [0, 0.1) is 27.7 Å². The smallest absolute Gasteiger partial charge is 0.354 e. The first-order valence-electron chi connectivity index (χ1n) is 35.4. The number of carbonyl (C=O) groups excluding carboxylic acids is 4. The highest BCUT2D eigenvalue weighted by Gasteiger charge is 2.52. The van der Waals surface area contributed by atoms with Crippen molar-refractivity contribution in [3.8, 4) is 45.0 Å². The van der Waals surface area contributed by atoms with Crippen molar-refractivity contribution in [3.05, 3.63) is 190 Å². The number of nitrogens with zero attached hydrogens (tertiary/aromatic N) is 8. The Balaban J connectivity index is 0.000000169. The lowest BCUT2D eigenvalue weighted by Gasteiger charge is -2.21. The van der Waals surface area contributed by atoms with Gasteiger partial charge < -0.3 is 21.3 Å². The second kappa shape index (κ2) is 34.1. The maximum Gasteiger partial charge on any atom is 0.416 e. The number of amides is 4. The molecule has 8 aromatic rings. The highest BCUT2D eigenvalue weighted by molar-refractivity contribution is 5.91. The Morgan fingerprint density at radius 3 is 0.616 bits per heavy atom. The molecule has 4 spiro atoms. The summed E-state index contributed by atoms with van der Waals surface area (Å²) in [7, 11) is 0. The Morgan fingerprint density at radius 1 is 0.286 bits per heavy atom. The normalized spacial score (nSPS) is 24.3. The number of benzene rings is 4. The van der Waals surface area contributed by atoms with Gasteiger partial charge in [0.2, 0.25) is 23.6 Å². The molecule has 0 aliphatic carbocycles. The summed E-state index contributed by atoms with van der Waals surface area (Å²) in [6, 6.07) is 26.2. The molecule has 600 valence electrons. The number of aryl methyl sites for hydroxylation is 4. The van der Waals surface area contributed by atoms with E-state index in [1.165, 1.54) is 48.5 Å². The van der Waals surface area contributed by atoms with Crippen LogP contribution in [0.25, 0.3) is 45.0 Å². The first kappa shape index (κ1) is 87.2. The second-order valence-corrected chi connectivity index (χ2v) is 28.6. The number of aromatic nitrogens is 8. The molecule has 0 radical (unpaired) electrons. The molecule has 8 N–H and O–H groups in total. The van der Waals surface area contributed by atoms with Crippen molar-refractivity contribution in [2.24, 2.45) is 0 Å². The largest absolute Gasteiger partial charge is 0.416 e. The Labute approximate surface area is 660 Å². The van der Waals surface area contributed by atoms with Gasteiger partial charge in [0.1, 0.15) is 45.5 Å². The van der Waals surface area contributed by atoms with Gasteiger partial charge in [0.15, 0.2) is 0 Å². The van der Waals surface area contributed by atoms with Crippen LogP contribution in [0.4, 0.5) is 52.7 Å². The standard InChI is InChI=1S/4C19H19F3N4O.4ClH/c4*1-11-10-15(12-2-4-13(5-3-12)19(20,21)22)25-16(24-11)14-6-7-18(26-14)8-9-23-17(18)27;;;;/h4*2-5,10,14,26H,6-9H2,1H3,(H,23,27);4*1H/t2*14-,18+;2*14-,18-;;;;/m1010..../s1. The van der Waals surface area contributed by atoms with Crippen LogP contribution in [-0.2, 0) is 43.9 Å². The molecule has 8 saturated heterocycles. The van der Waals surface area contributed by atoms with Crippen LogP contribution in [0.15, 0.2) is 121 Å². The molecule has 0 saturated carbocycles. The van der Waals surface area contributed by atoms with E-state index in [-0.39, 0.29) is 97.4 Å². The highest BCUT2D eigenvalue weighted by atomic mass is 35.5. The number of carbonyl (C=O) groups is 4. The Bertz CT molecular complexity index is 4140. The van der Waals surface area contributed by atoms with E-state index in [2.05, 4.69) is 82.4 Å². The lowest BCUT2D eigenvalue weighted by atomic mass is 9.96. The zero-order valence-corrected chi connectivity index (χ0v) is 63.8. The third-order valence-electron chi connectivity index (χ3n) is 21.1. The van der Waals surface area contributed by atoms with E-state index >= 15 is 0 Å². The van der Waals surface area contributed by atoms with Gasteiger partial charge in [-0.25, -0.2) is 39.9 Å². The van der Waals surface area contributed by atoms with Crippen LogP contribution in [0.3, 0.4) is 0 Å². The second-order valence-electron chi connectivity index (χ2n) is 28.6. The van der Waals surface area contributed by atoms with E-state index < -0.39 is 69.1 Å². The minimum atomic E-state index is -4.37. The Hall–Kier alpha value is -8.76. The van der Waals surface area contributed by atoms with Gasteiger partial charge in [0, 0.05) is 71.2 Å². The van der Waals surface area contributed by atoms with Gasteiger partial charge in [0.25, 0.3) is 0 Å². The predicted octanol–water partition coefficient (Wildman–Crippen LogP) is 14.3. The summed E-state index contributed by atoms with van der Waals surface area (Å²) >= 11 is 0. The molecular weight excluding hydrogens is 1570 g/mol. The van der Waals surface area contributed by atoms with Crippen LogP contribution >= 0.6 is 49.6 Å². The van der Waals surface area contributed by atoms with Gasteiger partial charge in [0.05, 0.1) is 69.2 Å². The minimum Gasteiger partial charge on any atom is -0.354 e. The summed E-state index contributed by atoms with van der Waals surface area (Å²) < 4.78 is 153. The molecule has 8 aliphatic heterocycles. The van der Waals surface area contributed by atoms with Gasteiger partial charge in [-0.15, -0.1) is 49.6 Å². The fourth-order valence-electron chi connectivity index (χ4n) is 15.3. The SMILES string of the molecule is Cc1cc(-c2ccc(C(F)(F)F)cc2)nc([C@@H]2CC[C@@]3(CCNC3=O)N2)n1.Cc1cc(-c2ccc(C(F)(F)F)cc2)nc([C@@H]2CC[C@]3(CCNC3=O)N2)n1.Cc1cc(-c2ccc(C(F)(F)F)cc2)nc([C@H]2CC[C@@]3(CCNC3=O)N2)n1.Cc1cc(-c2ccc(C(F)(F)F)cc2)nc([C@H]2CC[C@]3(CCNC3=O)N2)n1.Cl.Cl.Cl.Cl. The maximum atomic E-state index is 12.8. The molecule has 12 heterocycles. The van der Waals surface area contributed by atoms with Crippen LogP contribution in [0.2, 0.25) is 0 Å². The molecule has 8 aliphatic rings. The van der Waals surface area contributed by atoms with E-state index in [9.17, 15) is 71.9 Å². The van der Waals surface area contributed by atoms with Crippen molar-refractivity contribution >= 4 is 73.3 Å². The minimum absolute atomic E-state index is 0. The summed E-state index contributed by atoms with van der Waals surface area (Å²) in [5.74, 6) is 2.34. The van der Waals surface area contributed by atoms with Gasteiger partial charge in [-0.3, -0.25) is 40.4 Å². The molecule has 20 nitrogen and oxygen atoms in total. The van der Waals surface area contributed by atoms with Crippen molar-refractivity contribution in [2.75, 3.05) is 26.2 Å². The maximum absolute atomic E-state index is 12.8. The zero-order valence-electron chi connectivity index (χ0n) is 60.5. The fourth-order valence-corrected chi connectivity index (χ4v) is 15.3. The number of rotatable bonds is 8. The quantitative estimate of drug-likeness (QED) is 0.0657. The summed E-state index contributed by atoms with van der Waals surface area (Å²) in [5, 5.41) is 25.0. The summed E-state index contributed by atoms with van der Waals surface area (Å²) in [5.41, 5.74) is 2.65. The summed E-state index contributed by atoms with van der Waals surface area (Å²) in [6.07, 6.45) is -8.69. The van der Waals surface area contributed by atoms with E-state index in [0.717, 1.165) is 148 Å². The molecule has 16 rings (SSSR count). The average molecular weight is 1650 g/mol. The van der Waals surface area contributed by atoms with E-state index in [4.69, 9.17) is 0 Å². The van der Waals surface area contributed by atoms with Gasteiger partial charge in [-0.1, -0.05) is 48.5 Å². The molecule has 4 aromatic carbocycles. The van der Waals surface area contributed by atoms with Crippen LogP contribution in [-0.4, -0.2) is 112 Å². The van der Waals surface area contributed by atoms with Crippen LogP contribution in [0.5, 0.6) is 0 Å². The Kier molecular flexibility index (Phi) is 26.6. The number of hydrogen-bond donors (Lipinski definition) is 8. The number of nitrogens with one attached hydrogen (secondary N) is 8. The fraction of sp³-hybridized carbons (Fsp3) is 0.421. The Morgan fingerprint density at radius 2 is 0.464 bits per heavy atom. The lowest BCUT2D eigenvalue weighted by molar-refractivity contribution is -0.138. The van der Waals surface area contributed by atoms with Crippen molar-refractivity contribution < 1.29 is 71.9 Å². The molecular formula is C76H80Cl4F12N16O4. The molecule has 112 heavy (non-hydrogen) atoms. The van der Waals surface area contributed by atoms with Gasteiger partial charge >= 0.3 is 24.7 Å². The van der Waals surface area contributed by atoms with Gasteiger partial charge in [-0.05, 0) is 178 Å². The average Bonchev–Trinajstić information content (AvgIpc) is 1.63. The van der Waals surface area contributed by atoms with E-state index in [1.54, 1.807) is 24.3 Å². The highest BCUT2D eigenvalue weighted by Crippen LogP contribution is 2.43. The number of alkyl halides is 12. The predicted molar refractivity (Wildman–Crippen MR) is 400 cm³/mol. The third-order valence-corrected chi connectivity index (χ3v) is 21.1. The first-order chi connectivity index (χ1) is 51.1. The lowest BCUT2D eigenvalue weighted by Crippen LogP contribution is -2.47. The van der Waals surface area contributed by atoms with Crippen molar-refractivity contribution in [2.45, 2.75) is 176 Å². The monoisotopic (exact) mass is 1650 g/mol. The van der Waals surface area contributed by atoms with Crippen LogP contribution in [0.1, 0.15) is 170 Å². The summed E-state index contributed by atoms with van der Waals surface area (Å²) in [4.78, 5) is 84.8. The van der Waals surface area contributed by atoms with Crippen molar-refractivity contribution in [1.82, 2.24) is 82.4 Å². The summed E-state index contributed by atoms with van der Waals surface area (Å²) in [6.45, 7) is 9.93. The first-order valence-corrected chi connectivity index (χ1v) is 35.4. The van der Waals surface area contributed by atoms with Crippen molar-refractivity contribution in [1.29, 1.82) is 0 Å². The molecule has 8 atom stereocenters. The molecule has 0 unspecified atom stereocenters. The molecule has 36 heteroatoms. The van der Waals surface area contributed by atoms with Crippen LogP contribution < -0.4 is 42.5 Å². The van der Waals surface area contributed by atoms with E-state index in [1.807, 2.05) is 27.7 Å². The van der Waals surface area contributed by atoms with E-state index in [0.29, 0.717) is 94.5 Å². The molecule has 8 fully saturated rings. The molecule has 4 aromatic heterocycles. The number of halogens is 16. The molecule has 0 bridgehead atoms. The third kappa shape index (κ3) is 19.0. The number of hydrogen-bond acceptors (Lipinski definition) is 16. The van der Waals surface area contributed by atoms with Gasteiger partial charge in [-0.2, -0.15) is 52.7 Å². The zero-order chi connectivity index (χ0) is 76.9. The topological polar surface area (TPSA) is 268 Å². The van der Waals surface area contributed by atoms with Crippen molar-refractivity contribution in [3.63, 3.8) is 0 Å².